The summed E-state index contributed by atoms with van der Waals surface area (Å²) < 4.78 is 5.81. The van der Waals surface area contributed by atoms with Crippen molar-refractivity contribution < 1.29 is 9.84 Å². The molecule has 0 aromatic heterocycles. The third-order valence-electron chi connectivity index (χ3n) is 5.37. The van der Waals surface area contributed by atoms with Crippen LogP contribution in [0.5, 0.6) is 0 Å². The molecule has 7 heteroatoms. The molecule has 6 nitrogen and oxygen atoms in total. The van der Waals surface area contributed by atoms with Gasteiger partial charge in [0, 0.05) is 25.7 Å². The van der Waals surface area contributed by atoms with E-state index in [9.17, 15) is 5.11 Å². The molecule has 1 fully saturated rings. The predicted octanol–water partition coefficient (Wildman–Crippen LogP) is 3.56. The van der Waals surface area contributed by atoms with Gasteiger partial charge in [-0.05, 0) is 45.2 Å². The molecule has 1 aliphatic heterocycles. The Hall–Kier alpha value is -0.900. The van der Waals surface area contributed by atoms with E-state index in [1.807, 2.05) is 37.3 Å². The number of nitrogens with one attached hydrogen (secondary N) is 2. The van der Waals surface area contributed by atoms with Crippen LogP contribution in [0.1, 0.15) is 58.1 Å². The monoisotopic (exact) mass is 532 g/mol. The molecule has 1 heterocycles. The first-order valence-corrected chi connectivity index (χ1v) is 11.2. The van der Waals surface area contributed by atoms with Crippen molar-refractivity contribution in [3.63, 3.8) is 0 Å². The van der Waals surface area contributed by atoms with Gasteiger partial charge in [-0.25, -0.2) is 0 Å². The number of guanidine groups is 1. The smallest absolute Gasteiger partial charge is 0.191 e. The number of benzene rings is 1. The molecular formula is C23H41IN4O2. The zero-order valence-electron chi connectivity index (χ0n) is 18.8. The van der Waals surface area contributed by atoms with Crippen LogP contribution in [-0.4, -0.2) is 67.4 Å². The van der Waals surface area contributed by atoms with Crippen LogP contribution in [0.15, 0.2) is 35.3 Å². The van der Waals surface area contributed by atoms with Crippen molar-refractivity contribution in [1.29, 1.82) is 0 Å². The van der Waals surface area contributed by atoms with E-state index in [-0.39, 0.29) is 36.7 Å². The molecule has 172 valence electrons. The van der Waals surface area contributed by atoms with Gasteiger partial charge in [0.2, 0.25) is 0 Å². The molecule has 3 N–H and O–H groups in total. The van der Waals surface area contributed by atoms with Crippen LogP contribution in [0.4, 0.5) is 0 Å². The molecule has 1 saturated heterocycles. The second kappa shape index (κ2) is 15.8. The van der Waals surface area contributed by atoms with Crippen molar-refractivity contribution in [1.82, 2.24) is 15.5 Å². The summed E-state index contributed by atoms with van der Waals surface area (Å²) in [4.78, 5) is 7.13. The van der Waals surface area contributed by atoms with E-state index in [0.29, 0.717) is 12.6 Å². The van der Waals surface area contributed by atoms with Crippen molar-refractivity contribution in [2.75, 3.05) is 39.3 Å². The van der Waals surface area contributed by atoms with Crippen LogP contribution in [0.2, 0.25) is 0 Å². The number of hydrogen-bond acceptors (Lipinski definition) is 4. The fraction of sp³-hybridized carbons (Fsp3) is 0.696. The molecule has 2 atom stereocenters. The molecule has 1 aliphatic rings. The molecule has 0 aliphatic carbocycles. The Bertz CT molecular complexity index is 580. The standard InChI is InChI=1S/C23H40N4O2.HI/c1-4-6-14-27-15-12-21(13-16-27)26-23(24-5-2)25-17-22(28)18-29-19(3)20-10-8-7-9-11-20;/h7-11,19,21-22,28H,4-6,12-18H2,1-3H3,(H2,24,25,26);1H. The van der Waals surface area contributed by atoms with Crippen LogP contribution in [0.3, 0.4) is 0 Å². The van der Waals surface area contributed by atoms with Gasteiger partial charge < -0.3 is 25.4 Å². The third kappa shape index (κ3) is 10.4. The van der Waals surface area contributed by atoms with Gasteiger partial charge in [0.1, 0.15) is 0 Å². The van der Waals surface area contributed by atoms with Crippen molar-refractivity contribution >= 4 is 29.9 Å². The molecule has 0 saturated carbocycles. The number of unbranched alkanes of at least 4 members (excludes halogenated alkanes) is 1. The van der Waals surface area contributed by atoms with E-state index in [2.05, 4.69) is 34.4 Å². The molecule has 1 aromatic rings. The summed E-state index contributed by atoms with van der Waals surface area (Å²) in [5.74, 6) is 0.787. The van der Waals surface area contributed by atoms with Gasteiger partial charge in [0.25, 0.3) is 0 Å². The molecular weight excluding hydrogens is 491 g/mol. The van der Waals surface area contributed by atoms with Gasteiger partial charge in [0.15, 0.2) is 5.96 Å². The number of hydrogen-bond donors (Lipinski definition) is 3. The zero-order chi connectivity index (χ0) is 20.9. The van der Waals surface area contributed by atoms with E-state index < -0.39 is 6.10 Å². The normalized spacial score (nSPS) is 17.8. The van der Waals surface area contributed by atoms with Crippen LogP contribution in [0.25, 0.3) is 0 Å². The summed E-state index contributed by atoms with van der Waals surface area (Å²) in [5, 5.41) is 17.1. The number of ether oxygens (including phenoxy) is 1. The molecule has 2 rings (SSSR count). The number of aliphatic hydroxyl groups is 1. The molecule has 0 radical (unpaired) electrons. The number of rotatable bonds is 11. The van der Waals surface area contributed by atoms with Crippen LogP contribution < -0.4 is 10.6 Å². The van der Waals surface area contributed by atoms with Gasteiger partial charge in [-0.15, -0.1) is 24.0 Å². The molecule has 2 unspecified atom stereocenters. The van der Waals surface area contributed by atoms with Gasteiger partial charge in [-0.1, -0.05) is 43.7 Å². The van der Waals surface area contributed by atoms with E-state index >= 15 is 0 Å². The Balaban J connectivity index is 0.00000450. The summed E-state index contributed by atoms with van der Waals surface area (Å²) in [5.41, 5.74) is 1.11. The van der Waals surface area contributed by atoms with Crippen molar-refractivity contribution in [3.8, 4) is 0 Å². The molecule has 1 aromatic carbocycles. The summed E-state index contributed by atoms with van der Waals surface area (Å²) in [6.07, 6.45) is 4.14. The van der Waals surface area contributed by atoms with E-state index in [1.54, 1.807) is 0 Å². The lowest BCUT2D eigenvalue weighted by molar-refractivity contribution is 0.00111. The molecule has 30 heavy (non-hydrogen) atoms. The number of piperidine rings is 1. The first-order valence-electron chi connectivity index (χ1n) is 11.2. The fourth-order valence-electron chi connectivity index (χ4n) is 3.52. The van der Waals surface area contributed by atoms with Gasteiger partial charge in [-0.3, -0.25) is 4.99 Å². The minimum absolute atomic E-state index is 0. The Labute approximate surface area is 199 Å². The first kappa shape index (κ1) is 27.1. The second-order valence-electron chi connectivity index (χ2n) is 7.87. The third-order valence-corrected chi connectivity index (χ3v) is 5.37. The highest BCUT2D eigenvalue weighted by Crippen LogP contribution is 2.16. The van der Waals surface area contributed by atoms with Crippen molar-refractivity contribution in [2.24, 2.45) is 4.99 Å². The zero-order valence-corrected chi connectivity index (χ0v) is 21.2. The average molecular weight is 533 g/mol. The first-order chi connectivity index (χ1) is 14.1. The summed E-state index contributed by atoms with van der Waals surface area (Å²) in [7, 11) is 0. The number of aliphatic imine (C=N–C) groups is 1. The maximum Gasteiger partial charge on any atom is 0.191 e. The van der Waals surface area contributed by atoms with Gasteiger partial charge in [0.05, 0.1) is 25.4 Å². The highest BCUT2D eigenvalue weighted by molar-refractivity contribution is 14.0. The van der Waals surface area contributed by atoms with Crippen LogP contribution in [-0.2, 0) is 4.74 Å². The van der Waals surface area contributed by atoms with Crippen LogP contribution >= 0.6 is 24.0 Å². The van der Waals surface area contributed by atoms with Gasteiger partial charge >= 0.3 is 0 Å². The Morgan fingerprint density at radius 3 is 2.57 bits per heavy atom. The minimum Gasteiger partial charge on any atom is -0.389 e. The lowest BCUT2D eigenvalue weighted by Crippen LogP contribution is -2.49. The van der Waals surface area contributed by atoms with E-state index in [1.165, 1.54) is 19.4 Å². The Morgan fingerprint density at radius 2 is 1.93 bits per heavy atom. The SMILES string of the molecule is CCCCN1CCC(NC(=NCC(O)COC(C)c2ccccc2)NCC)CC1.I. The lowest BCUT2D eigenvalue weighted by Gasteiger charge is -2.33. The number of nitrogens with zero attached hydrogens (tertiary/aromatic N) is 2. The Morgan fingerprint density at radius 1 is 1.23 bits per heavy atom. The number of halogens is 1. The fourth-order valence-corrected chi connectivity index (χ4v) is 3.52. The van der Waals surface area contributed by atoms with Crippen LogP contribution in [0, 0.1) is 0 Å². The minimum atomic E-state index is -0.618. The van der Waals surface area contributed by atoms with Crippen molar-refractivity contribution in [2.45, 2.75) is 64.7 Å². The number of aliphatic hydroxyl groups excluding tert-OH is 1. The summed E-state index contributed by atoms with van der Waals surface area (Å²) in [6, 6.07) is 10.5. The van der Waals surface area contributed by atoms with E-state index in [0.717, 1.165) is 44.0 Å². The largest absolute Gasteiger partial charge is 0.389 e. The number of likely N-dealkylation sites (tertiary alicyclic amines) is 1. The Kier molecular flexibility index (Phi) is 14.3. The topological polar surface area (TPSA) is 69.1 Å². The highest BCUT2D eigenvalue weighted by Gasteiger charge is 2.19. The van der Waals surface area contributed by atoms with Crippen molar-refractivity contribution in [3.05, 3.63) is 35.9 Å². The molecule has 0 spiro atoms. The second-order valence-corrected chi connectivity index (χ2v) is 7.87. The summed E-state index contributed by atoms with van der Waals surface area (Å²) >= 11 is 0. The maximum atomic E-state index is 10.3. The summed E-state index contributed by atoms with van der Waals surface area (Å²) in [6.45, 7) is 11.2. The highest BCUT2D eigenvalue weighted by atomic mass is 127. The van der Waals surface area contributed by atoms with E-state index in [4.69, 9.17) is 4.74 Å². The molecule has 0 bridgehead atoms. The van der Waals surface area contributed by atoms with Gasteiger partial charge in [-0.2, -0.15) is 0 Å². The average Bonchev–Trinajstić information content (AvgIpc) is 2.76. The predicted molar refractivity (Wildman–Crippen MR) is 136 cm³/mol. The lowest BCUT2D eigenvalue weighted by atomic mass is 10.0. The maximum absolute atomic E-state index is 10.3. The quantitative estimate of drug-likeness (QED) is 0.231. The molecule has 0 amide bonds.